The van der Waals surface area contributed by atoms with Gasteiger partial charge in [0.1, 0.15) is 0 Å². The quantitative estimate of drug-likeness (QED) is 0.724. The van der Waals surface area contributed by atoms with Gasteiger partial charge < -0.3 is 15.8 Å². The zero-order valence-corrected chi connectivity index (χ0v) is 17.3. The summed E-state index contributed by atoms with van der Waals surface area (Å²) in [6.45, 7) is 5.55. The minimum absolute atomic E-state index is 0. The number of hydrogen-bond acceptors (Lipinski definition) is 5. The molecule has 1 atom stereocenters. The fraction of sp³-hybridized carbons (Fsp3) is 0.588. The van der Waals surface area contributed by atoms with Crippen LogP contribution in [0.4, 0.5) is 5.69 Å². The van der Waals surface area contributed by atoms with Crippen molar-refractivity contribution >= 4 is 48.2 Å². The first kappa shape index (κ1) is 24.5. The topological polar surface area (TPSA) is 67.6 Å². The number of thioether (sulfide) groups is 1. The highest BCUT2D eigenvalue weighted by molar-refractivity contribution is 7.99. The Morgan fingerprint density at radius 3 is 2.64 bits per heavy atom. The molecule has 0 aromatic heterocycles. The van der Waals surface area contributed by atoms with Crippen molar-refractivity contribution in [3.05, 3.63) is 29.3 Å². The smallest absolute Gasteiger partial charge is 0.227 e. The molecule has 1 unspecified atom stereocenters. The molecule has 1 aromatic carbocycles. The average Bonchev–Trinajstić information content (AvgIpc) is 2.56. The molecule has 2 rings (SSSR count). The summed E-state index contributed by atoms with van der Waals surface area (Å²) in [5.74, 6) is 2.34. The van der Waals surface area contributed by atoms with Gasteiger partial charge in [0.25, 0.3) is 0 Å². The van der Waals surface area contributed by atoms with E-state index in [0.717, 1.165) is 30.9 Å². The maximum absolute atomic E-state index is 12.1. The van der Waals surface area contributed by atoms with E-state index >= 15 is 0 Å². The lowest BCUT2D eigenvalue weighted by Gasteiger charge is -2.26. The number of carbonyl (C=O) groups is 1. The Labute approximate surface area is 167 Å². The van der Waals surface area contributed by atoms with E-state index in [4.69, 9.17) is 10.5 Å². The number of methoxy groups -OCH3 is 1. The zero-order valence-electron chi connectivity index (χ0n) is 14.8. The van der Waals surface area contributed by atoms with Gasteiger partial charge in [-0.1, -0.05) is 12.1 Å². The number of benzene rings is 1. The number of amides is 1. The standard InChI is InChI=1S/C17H27N3O2S.2ClH/c1-13-3-4-14(12-20-5-7-23-8-6-20)9-16(13)19-17(21)10-15(11-18)22-2;;/h3-4,9,15H,5-8,10-12,18H2,1-2H3,(H,19,21);2*1H. The molecule has 25 heavy (non-hydrogen) atoms. The second-order valence-electron chi connectivity index (χ2n) is 5.88. The number of nitrogens with one attached hydrogen (secondary N) is 1. The summed E-state index contributed by atoms with van der Waals surface area (Å²) in [5.41, 5.74) is 8.75. The predicted octanol–water partition coefficient (Wildman–Crippen LogP) is 2.69. The fourth-order valence-corrected chi connectivity index (χ4v) is 3.57. The number of nitrogens with two attached hydrogens (primary N) is 1. The van der Waals surface area contributed by atoms with Gasteiger partial charge in [0.2, 0.25) is 5.91 Å². The average molecular weight is 410 g/mol. The molecule has 1 aliphatic rings. The molecule has 0 spiro atoms. The molecule has 0 saturated carbocycles. The highest BCUT2D eigenvalue weighted by atomic mass is 35.5. The molecule has 3 N–H and O–H groups in total. The molecule has 1 heterocycles. The van der Waals surface area contributed by atoms with E-state index < -0.39 is 0 Å². The molecule has 1 aromatic rings. The predicted molar refractivity (Wildman–Crippen MR) is 111 cm³/mol. The molecule has 1 saturated heterocycles. The molecule has 1 amide bonds. The van der Waals surface area contributed by atoms with Crippen molar-refractivity contribution in [3.63, 3.8) is 0 Å². The third-order valence-electron chi connectivity index (χ3n) is 4.10. The van der Waals surface area contributed by atoms with Gasteiger partial charge in [-0.25, -0.2) is 0 Å². The van der Waals surface area contributed by atoms with Gasteiger partial charge in [0, 0.05) is 50.5 Å². The van der Waals surface area contributed by atoms with Gasteiger partial charge in [-0.3, -0.25) is 9.69 Å². The fourth-order valence-electron chi connectivity index (χ4n) is 2.59. The highest BCUT2D eigenvalue weighted by Crippen LogP contribution is 2.20. The minimum atomic E-state index is -0.232. The first-order valence-corrected chi connectivity index (χ1v) is 9.20. The Morgan fingerprint density at radius 1 is 1.36 bits per heavy atom. The van der Waals surface area contributed by atoms with Gasteiger partial charge in [-0.15, -0.1) is 24.8 Å². The maximum atomic E-state index is 12.1. The lowest BCUT2D eigenvalue weighted by atomic mass is 10.1. The third-order valence-corrected chi connectivity index (χ3v) is 5.04. The molecule has 1 aliphatic heterocycles. The number of nitrogens with zero attached hydrogens (tertiary/aromatic N) is 1. The first-order valence-electron chi connectivity index (χ1n) is 8.04. The molecule has 0 bridgehead atoms. The largest absolute Gasteiger partial charge is 0.380 e. The Kier molecular flexibility index (Phi) is 12.5. The SMILES string of the molecule is COC(CN)CC(=O)Nc1cc(CN2CCSCC2)ccc1C.Cl.Cl. The second kappa shape index (κ2) is 12.8. The Morgan fingerprint density at radius 2 is 2.04 bits per heavy atom. The molecule has 5 nitrogen and oxygen atoms in total. The summed E-state index contributed by atoms with van der Waals surface area (Å²) >= 11 is 2.01. The molecule has 8 heteroatoms. The molecular formula is C17H29Cl2N3O2S. The van der Waals surface area contributed by atoms with E-state index in [1.54, 1.807) is 7.11 Å². The van der Waals surface area contributed by atoms with Crippen LogP contribution in [0.3, 0.4) is 0 Å². The van der Waals surface area contributed by atoms with E-state index in [9.17, 15) is 4.79 Å². The second-order valence-corrected chi connectivity index (χ2v) is 7.11. The van der Waals surface area contributed by atoms with Crippen LogP contribution in [0.1, 0.15) is 17.5 Å². The van der Waals surface area contributed by atoms with Gasteiger partial charge in [-0.05, 0) is 24.1 Å². The number of hydrogen-bond donors (Lipinski definition) is 2. The number of anilines is 1. The molecule has 0 radical (unpaired) electrons. The Hall–Kier alpha value is -0.500. The number of carbonyl (C=O) groups excluding carboxylic acids is 1. The molecule has 0 aliphatic carbocycles. The highest BCUT2D eigenvalue weighted by Gasteiger charge is 2.14. The summed E-state index contributed by atoms with van der Waals surface area (Å²) < 4.78 is 5.17. The van der Waals surface area contributed by atoms with E-state index in [1.165, 1.54) is 17.1 Å². The summed E-state index contributed by atoms with van der Waals surface area (Å²) in [6.07, 6.45) is 0.0457. The van der Waals surface area contributed by atoms with Crippen molar-refractivity contribution in [2.24, 2.45) is 5.73 Å². The van der Waals surface area contributed by atoms with Gasteiger partial charge >= 0.3 is 0 Å². The number of rotatable bonds is 7. The Bertz CT molecular complexity index is 525. The van der Waals surface area contributed by atoms with Crippen molar-refractivity contribution in [3.8, 4) is 0 Å². The molecule has 144 valence electrons. The summed E-state index contributed by atoms with van der Waals surface area (Å²) in [4.78, 5) is 14.6. The molecule has 1 fully saturated rings. The van der Waals surface area contributed by atoms with Crippen molar-refractivity contribution in [2.45, 2.75) is 26.0 Å². The minimum Gasteiger partial charge on any atom is -0.380 e. The van der Waals surface area contributed by atoms with E-state index in [2.05, 4.69) is 28.4 Å². The van der Waals surface area contributed by atoms with Crippen LogP contribution < -0.4 is 11.1 Å². The number of aryl methyl sites for hydroxylation is 1. The summed E-state index contributed by atoms with van der Waals surface area (Å²) in [6, 6.07) is 6.30. The van der Waals surface area contributed by atoms with Crippen LogP contribution in [0.5, 0.6) is 0 Å². The summed E-state index contributed by atoms with van der Waals surface area (Å²) in [5, 5.41) is 2.99. The lowest BCUT2D eigenvalue weighted by molar-refractivity contribution is -0.118. The first-order chi connectivity index (χ1) is 11.1. The van der Waals surface area contributed by atoms with Crippen molar-refractivity contribution < 1.29 is 9.53 Å². The number of ether oxygens (including phenoxy) is 1. The van der Waals surface area contributed by atoms with Crippen LogP contribution in [-0.4, -0.2) is 55.2 Å². The van der Waals surface area contributed by atoms with Gasteiger partial charge in [0.05, 0.1) is 12.5 Å². The van der Waals surface area contributed by atoms with E-state index in [1.807, 2.05) is 18.7 Å². The summed E-state index contributed by atoms with van der Waals surface area (Å²) in [7, 11) is 1.58. The van der Waals surface area contributed by atoms with Crippen molar-refractivity contribution in [1.82, 2.24) is 4.90 Å². The third kappa shape index (κ3) is 8.15. The maximum Gasteiger partial charge on any atom is 0.227 e. The van der Waals surface area contributed by atoms with E-state index in [0.29, 0.717) is 6.54 Å². The van der Waals surface area contributed by atoms with Gasteiger partial charge in [-0.2, -0.15) is 11.8 Å². The zero-order chi connectivity index (χ0) is 16.7. The molecular weight excluding hydrogens is 381 g/mol. The van der Waals surface area contributed by atoms with Crippen LogP contribution in [0, 0.1) is 6.92 Å². The Balaban J connectivity index is 0.00000288. The van der Waals surface area contributed by atoms with Crippen molar-refractivity contribution in [2.75, 3.05) is 43.6 Å². The van der Waals surface area contributed by atoms with Crippen LogP contribution in [0.15, 0.2) is 18.2 Å². The van der Waals surface area contributed by atoms with E-state index in [-0.39, 0.29) is 43.2 Å². The monoisotopic (exact) mass is 409 g/mol. The number of halogens is 2. The van der Waals surface area contributed by atoms with Crippen molar-refractivity contribution in [1.29, 1.82) is 0 Å². The van der Waals surface area contributed by atoms with Crippen LogP contribution in [-0.2, 0) is 16.1 Å². The van der Waals surface area contributed by atoms with Crippen LogP contribution in [0.2, 0.25) is 0 Å². The van der Waals surface area contributed by atoms with Gasteiger partial charge in [0.15, 0.2) is 0 Å². The normalized spacial score (nSPS) is 15.6. The van der Waals surface area contributed by atoms with Crippen LogP contribution in [0.25, 0.3) is 0 Å². The lowest BCUT2D eigenvalue weighted by Crippen LogP contribution is -2.32. The van der Waals surface area contributed by atoms with Crippen LogP contribution >= 0.6 is 36.6 Å².